The van der Waals surface area contributed by atoms with E-state index in [4.69, 9.17) is 14.6 Å². The summed E-state index contributed by atoms with van der Waals surface area (Å²) < 4.78 is 12.5. The molecule has 0 spiro atoms. The molecule has 1 aromatic heterocycles. The largest absolute Gasteiger partial charge is 0.497 e. The Kier molecular flexibility index (Phi) is 5.95. The maximum Gasteiger partial charge on any atom is 0.246 e. The van der Waals surface area contributed by atoms with E-state index in [9.17, 15) is 4.79 Å². The minimum atomic E-state index is -0.0429. The maximum absolute atomic E-state index is 12.7. The van der Waals surface area contributed by atoms with E-state index >= 15 is 0 Å². The van der Waals surface area contributed by atoms with Crippen LogP contribution in [0.1, 0.15) is 12.0 Å². The van der Waals surface area contributed by atoms with E-state index in [1.165, 1.54) is 0 Å². The molecule has 30 heavy (non-hydrogen) atoms. The molecule has 1 saturated heterocycles. The predicted octanol–water partition coefficient (Wildman–Crippen LogP) is 3.81. The van der Waals surface area contributed by atoms with Crippen molar-refractivity contribution >= 4 is 12.0 Å². The van der Waals surface area contributed by atoms with Crippen molar-refractivity contribution < 1.29 is 14.3 Å². The summed E-state index contributed by atoms with van der Waals surface area (Å²) in [5.41, 5.74) is 3.58. The topological polar surface area (TPSA) is 56.6 Å². The lowest BCUT2D eigenvalue weighted by Crippen LogP contribution is -2.36. The first-order valence-corrected chi connectivity index (χ1v) is 9.98. The summed E-state index contributed by atoms with van der Waals surface area (Å²) in [6.07, 6.45) is 6.26. The van der Waals surface area contributed by atoms with Gasteiger partial charge in [0.1, 0.15) is 5.75 Å². The van der Waals surface area contributed by atoms with Crippen LogP contribution >= 0.6 is 0 Å². The molecule has 6 nitrogen and oxygen atoms in total. The van der Waals surface area contributed by atoms with Crippen LogP contribution in [0.2, 0.25) is 0 Å². The van der Waals surface area contributed by atoms with Crippen LogP contribution in [0, 0.1) is 0 Å². The van der Waals surface area contributed by atoms with Crippen LogP contribution in [0.25, 0.3) is 23.0 Å². The van der Waals surface area contributed by atoms with Crippen LogP contribution in [-0.2, 0) is 9.53 Å². The normalized spacial score (nSPS) is 16.1. The third-order valence-electron chi connectivity index (χ3n) is 5.33. The molecule has 4 rings (SSSR count). The predicted molar refractivity (Wildman–Crippen MR) is 117 cm³/mol. The van der Waals surface area contributed by atoms with Gasteiger partial charge in [0.15, 0.2) is 0 Å². The minimum absolute atomic E-state index is 0.0429. The van der Waals surface area contributed by atoms with Crippen molar-refractivity contribution in [3.05, 3.63) is 72.4 Å². The highest BCUT2D eigenvalue weighted by molar-refractivity contribution is 5.93. The van der Waals surface area contributed by atoms with E-state index in [2.05, 4.69) is 0 Å². The van der Waals surface area contributed by atoms with Gasteiger partial charge >= 0.3 is 0 Å². The van der Waals surface area contributed by atoms with Crippen LogP contribution in [0.3, 0.4) is 0 Å². The second-order valence-corrected chi connectivity index (χ2v) is 7.24. The average Bonchev–Trinajstić information content (AvgIpc) is 3.48. The Bertz CT molecular complexity index is 1020. The third kappa shape index (κ3) is 4.28. The first-order chi connectivity index (χ1) is 14.7. The average molecular weight is 403 g/mol. The molecule has 0 aliphatic carbocycles. The van der Waals surface area contributed by atoms with Gasteiger partial charge in [0.25, 0.3) is 0 Å². The fourth-order valence-corrected chi connectivity index (χ4v) is 3.48. The van der Waals surface area contributed by atoms with Crippen molar-refractivity contribution in [1.82, 2.24) is 14.7 Å². The molecule has 1 aliphatic heterocycles. The summed E-state index contributed by atoms with van der Waals surface area (Å²) in [7, 11) is 3.47. The molecular weight excluding hydrogens is 378 g/mol. The number of likely N-dealkylation sites (N-methyl/N-ethyl adjacent to an activating group) is 1. The number of para-hydroxylation sites is 1. The highest BCUT2D eigenvalue weighted by Gasteiger charge is 2.22. The van der Waals surface area contributed by atoms with Crippen molar-refractivity contribution in [3.63, 3.8) is 0 Å². The number of hydrogen-bond acceptors (Lipinski definition) is 4. The number of carbonyl (C=O) groups excluding carboxylic acids is 1. The molecule has 0 saturated carbocycles. The zero-order chi connectivity index (χ0) is 20.9. The molecule has 0 bridgehead atoms. The van der Waals surface area contributed by atoms with Gasteiger partial charge in [-0.1, -0.05) is 18.2 Å². The van der Waals surface area contributed by atoms with Crippen LogP contribution in [0.5, 0.6) is 5.75 Å². The van der Waals surface area contributed by atoms with Crippen molar-refractivity contribution in [2.75, 3.05) is 27.4 Å². The van der Waals surface area contributed by atoms with Crippen LogP contribution in [0.4, 0.5) is 0 Å². The molecule has 3 aromatic rings. The SMILES string of the molecule is COc1ccc(-c2nn(-c3ccccc3)cc2/C=C/C(=O)N(C)C2CCOC2)cc1. The minimum Gasteiger partial charge on any atom is -0.497 e. The monoisotopic (exact) mass is 403 g/mol. The molecule has 1 amide bonds. The standard InChI is InChI=1S/C24H25N3O3/c1-26(21-14-15-30-17-21)23(28)13-10-19-16-27(20-6-4-3-5-7-20)25-24(19)18-8-11-22(29-2)12-9-18/h3-13,16,21H,14-15,17H2,1-2H3/b13-10+. The Hall–Kier alpha value is -3.38. The van der Waals surface area contributed by atoms with Crippen LogP contribution in [0.15, 0.2) is 66.9 Å². The van der Waals surface area contributed by atoms with Gasteiger partial charge < -0.3 is 14.4 Å². The van der Waals surface area contributed by atoms with Gasteiger partial charge in [-0.15, -0.1) is 0 Å². The molecule has 1 atom stereocenters. The van der Waals surface area contributed by atoms with Gasteiger partial charge in [-0.3, -0.25) is 4.79 Å². The number of methoxy groups -OCH3 is 1. The lowest BCUT2D eigenvalue weighted by atomic mass is 10.1. The summed E-state index contributed by atoms with van der Waals surface area (Å²) in [5.74, 6) is 0.743. The van der Waals surface area contributed by atoms with Gasteiger partial charge in [0, 0.05) is 37.1 Å². The fraction of sp³-hybridized carbons (Fsp3) is 0.250. The molecule has 1 unspecified atom stereocenters. The molecule has 2 aromatic carbocycles. The Morgan fingerprint density at radius 1 is 1.20 bits per heavy atom. The highest BCUT2D eigenvalue weighted by Crippen LogP contribution is 2.27. The van der Waals surface area contributed by atoms with Gasteiger partial charge in [-0.25, -0.2) is 4.68 Å². The Balaban J connectivity index is 1.66. The third-order valence-corrected chi connectivity index (χ3v) is 5.33. The van der Waals surface area contributed by atoms with Gasteiger partial charge in [0.05, 0.1) is 31.1 Å². The zero-order valence-corrected chi connectivity index (χ0v) is 17.2. The maximum atomic E-state index is 12.7. The Morgan fingerprint density at radius 2 is 1.97 bits per heavy atom. The summed E-state index contributed by atoms with van der Waals surface area (Å²) >= 11 is 0. The van der Waals surface area contributed by atoms with Crippen molar-refractivity contribution in [2.24, 2.45) is 0 Å². The number of benzene rings is 2. The van der Waals surface area contributed by atoms with Crippen LogP contribution in [-0.4, -0.2) is 54.0 Å². The van der Waals surface area contributed by atoms with E-state index < -0.39 is 0 Å². The smallest absolute Gasteiger partial charge is 0.246 e. The van der Waals surface area contributed by atoms with Gasteiger partial charge in [0.2, 0.25) is 5.91 Å². The van der Waals surface area contributed by atoms with Gasteiger partial charge in [-0.05, 0) is 48.9 Å². The lowest BCUT2D eigenvalue weighted by molar-refractivity contribution is -0.126. The lowest BCUT2D eigenvalue weighted by Gasteiger charge is -2.21. The molecule has 0 N–H and O–H groups in total. The second-order valence-electron chi connectivity index (χ2n) is 7.24. The fourth-order valence-electron chi connectivity index (χ4n) is 3.48. The molecule has 6 heteroatoms. The number of nitrogens with zero attached hydrogens (tertiary/aromatic N) is 3. The van der Waals surface area contributed by atoms with Crippen molar-refractivity contribution in [1.29, 1.82) is 0 Å². The summed E-state index contributed by atoms with van der Waals surface area (Å²) in [6, 6.07) is 17.8. The highest BCUT2D eigenvalue weighted by atomic mass is 16.5. The Labute approximate surface area is 176 Å². The van der Waals surface area contributed by atoms with Crippen molar-refractivity contribution in [2.45, 2.75) is 12.5 Å². The second kappa shape index (κ2) is 8.97. The number of rotatable bonds is 6. The number of carbonyl (C=O) groups is 1. The first kappa shape index (κ1) is 19.9. The van der Waals surface area contributed by atoms with Crippen LogP contribution < -0.4 is 4.74 Å². The summed E-state index contributed by atoms with van der Waals surface area (Å²) in [5, 5.41) is 4.79. The summed E-state index contributed by atoms with van der Waals surface area (Å²) in [6.45, 7) is 1.30. The number of ether oxygens (including phenoxy) is 2. The molecule has 0 radical (unpaired) electrons. The van der Waals surface area contributed by atoms with Crippen molar-refractivity contribution in [3.8, 4) is 22.7 Å². The molecular formula is C24H25N3O3. The van der Waals surface area contributed by atoms with E-state index in [1.807, 2.05) is 78.6 Å². The van der Waals surface area contributed by atoms with E-state index in [0.29, 0.717) is 13.2 Å². The Morgan fingerprint density at radius 3 is 2.63 bits per heavy atom. The van der Waals surface area contributed by atoms with Gasteiger partial charge in [-0.2, -0.15) is 5.10 Å². The number of hydrogen-bond donors (Lipinski definition) is 0. The first-order valence-electron chi connectivity index (χ1n) is 9.98. The zero-order valence-electron chi connectivity index (χ0n) is 17.2. The summed E-state index contributed by atoms with van der Waals surface area (Å²) in [4.78, 5) is 14.4. The molecule has 1 fully saturated rings. The van der Waals surface area contributed by atoms with E-state index in [0.717, 1.165) is 34.7 Å². The molecule has 2 heterocycles. The van der Waals surface area contributed by atoms with E-state index in [1.54, 1.807) is 18.1 Å². The molecule has 1 aliphatic rings. The quantitative estimate of drug-likeness (QED) is 0.588. The number of amides is 1. The number of aromatic nitrogens is 2. The molecule has 154 valence electrons. The van der Waals surface area contributed by atoms with E-state index in [-0.39, 0.29) is 11.9 Å².